The molecule has 3 nitrogen and oxygen atoms in total. The lowest BCUT2D eigenvalue weighted by Gasteiger charge is -2.29. The average molecular weight is 292 g/mol. The molecule has 118 valence electrons. The van der Waals surface area contributed by atoms with Crippen molar-refractivity contribution in [2.24, 2.45) is 5.92 Å². The second-order valence-electron chi connectivity index (χ2n) is 6.21. The Bertz CT molecular complexity index is 436. The zero-order valence-corrected chi connectivity index (χ0v) is 13.9. The van der Waals surface area contributed by atoms with E-state index in [1.807, 2.05) is 6.92 Å². The van der Waals surface area contributed by atoms with Gasteiger partial charge in [-0.1, -0.05) is 27.2 Å². The van der Waals surface area contributed by atoms with Gasteiger partial charge in [0, 0.05) is 0 Å². The van der Waals surface area contributed by atoms with E-state index in [-0.39, 0.29) is 11.6 Å². The number of rotatable bonds is 8. The molecule has 0 bridgehead atoms. The van der Waals surface area contributed by atoms with Crippen molar-refractivity contribution in [1.82, 2.24) is 0 Å². The van der Waals surface area contributed by atoms with Crippen LogP contribution in [0.25, 0.3) is 0 Å². The molecule has 0 aliphatic carbocycles. The smallest absolute Gasteiger partial charge is 0.338 e. The fourth-order valence-corrected chi connectivity index (χ4v) is 2.19. The van der Waals surface area contributed by atoms with E-state index in [0.29, 0.717) is 11.5 Å². The highest BCUT2D eigenvalue weighted by Crippen LogP contribution is 2.25. The van der Waals surface area contributed by atoms with E-state index in [4.69, 9.17) is 9.47 Å². The molecule has 0 radical (unpaired) electrons. The Balaban J connectivity index is 2.63. The van der Waals surface area contributed by atoms with Gasteiger partial charge in [-0.05, 0) is 56.4 Å². The maximum absolute atomic E-state index is 12.3. The standard InChI is InChI=1S/C18H28O3/c1-6-18(4,13-7-8-14(2)3)21-17(19)15-9-11-16(20-5)12-10-15/h9-12,14H,6-8,13H2,1-5H3. The lowest BCUT2D eigenvalue weighted by atomic mass is 9.93. The Kier molecular flexibility index (Phi) is 6.73. The van der Waals surface area contributed by atoms with Gasteiger partial charge < -0.3 is 9.47 Å². The number of carbonyl (C=O) groups is 1. The minimum absolute atomic E-state index is 0.258. The maximum atomic E-state index is 12.3. The minimum atomic E-state index is -0.383. The molecule has 1 aromatic rings. The number of esters is 1. The van der Waals surface area contributed by atoms with E-state index in [0.717, 1.165) is 31.4 Å². The van der Waals surface area contributed by atoms with Gasteiger partial charge in [0.1, 0.15) is 11.4 Å². The monoisotopic (exact) mass is 292 g/mol. The SMILES string of the molecule is CCC(C)(CCCC(C)C)OC(=O)c1ccc(OC)cc1. The molecule has 0 saturated heterocycles. The summed E-state index contributed by atoms with van der Waals surface area (Å²) in [7, 11) is 1.61. The van der Waals surface area contributed by atoms with Crippen LogP contribution < -0.4 is 4.74 Å². The van der Waals surface area contributed by atoms with E-state index >= 15 is 0 Å². The number of benzene rings is 1. The molecule has 0 saturated carbocycles. The van der Waals surface area contributed by atoms with Crippen LogP contribution in [0.2, 0.25) is 0 Å². The number of carbonyl (C=O) groups excluding carboxylic acids is 1. The van der Waals surface area contributed by atoms with Gasteiger partial charge in [0.15, 0.2) is 0 Å². The van der Waals surface area contributed by atoms with Gasteiger partial charge in [0.05, 0.1) is 12.7 Å². The fourth-order valence-electron chi connectivity index (χ4n) is 2.19. The van der Waals surface area contributed by atoms with Crippen molar-refractivity contribution >= 4 is 5.97 Å². The second-order valence-corrected chi connectivity index (χ2v) is 6.21. The molecule has 0 aliphatic heterocycles. The molecule has 21 heavy (non-hydrogen) atoms. The summed E-state index contributed by atoms with van der Waals surface area (Å²) >= 11 is 0. The Morgan fingerprint density at radius 1 is 1.24 bits per heavy atom. The third-order valence-corrected chi connectivity index (χ3v) is 3.90. The molecular weight excluding hydrogens is 264 g/mol. The van der Waals surface area contributed by atoms with E-state index in [1.165, 1.54) is 0 Å². The zero-order chi connectivity index (χ0) is 15.9. The molecule has 0 fully saturated rings. The Hall–Kier alpha value is -1.51. The Labute approximate surface area is 128 Å². The van der Waals surface area contributed by atoms with Crippen LogP contribution in [0.3, 0.4) is 0 Å². The van der Waals surface area contributed by atoms with Crippen LogP contribution in [0.15, 0.2) is 24.3 Å². The molecule has 0 N–H and O–H groups in total. The predicted octanol–water partition coefficient (Wildman–Crippen LogP) is 4.85. The van der Waals surface area contributed by atoms with Gasteiger partial charge in [-0.3, -0.25) is 0 Å². The van der Waals surface area contributed by atoms with Gasteiger partial charge in [-0.15, -0.1) is 0 Å². The summed E-state index contributed by atoms with van der Waals surface area (Å²) in [5.41, 5.74) is 0.186. The average Bonchev–Trinajstić information content (AvgIpc) is 2.46. The third kappa shape index (κ3) is 5.78. The molecule has 0 heterocycles. The van der Waals surface area contributed by atoms with Crippen molar-refractivity contribution in [2.75, 3.05) is 7.11 Å². The van der Waals surface area contributed by atoms with Crippen LogP contribution in [0.5, 0.6) is 5.75 Å². The number of ether oxygens (including phenoxy) is 2. The molecule has 0 spiro atoms. The topological polar surface area (TPSA) is 35.5 Å². The van der Waals surface area contributed by atoms with Crippen LogP contribution in [0, 0.1) is 5.92 Å². The van der Waals surface area contributed by atoms with Crippen molar-refractivity contribution in [3.05, 3.63) is 29.8 Å². The van der Waals surface area contributed by atoms with Gasteiger partial charge in [-0.2, -0.15) is 0 Å². The summed E-state index contributed by atoms with van der Waals surface area (Å²) in [4.78, 5) is 12.3. The van der Waals surface area contributed by atoms with Gasteiger partial charge >= 0.3 is 5.97 Å². The van der Waals surface area contributed by atoms with E-state index in [2.05, 4.69) is 20.8 Å². The molecule has 3 heteroatoms. The van der Waals surface area contributed by atoms with E-state index in [1.54, 1.807) is 31.4 Å². The highest BCUT2D eigenvalue weighted by molar-refractivity contribution is 5.89. The summed E-state index contributed by atoms with van der Waals surface area (Å²) in [6.07, 6.45) is 3.98. The molecule has 0 amide bonds. The zero-order valence-electron chi connectivity index (χ0n) is 13.9. The highest BCUT2D eigenvalue weighted by Gasteiger charge is 2.27. The van der Waals surface area contributed by atoms with Crippen molar-refractivity contribution in [2.45, 2.75) is 59.0 Å². The summed E-state index contributed by atoms with van der Waals surface area (Å²) in [5, 5.41) is 0. The summed E-state index contributed by atoms with van der Waals surface area (Å²) in [6.45, 7) is 8.52. The van der Waals surface area contributed by atoms with Gasteiger partial charge in [0.2, 0.25) is 0 Å². The third-order valence-electron chi connectivity index (χ3n) is 3.90. The maximum Gasteiger partial charge on any atom is 0.338 e. The van der Waals surface area contributed by atoms with Gasteiger partial charge in [-0.25, -0.2) is 4.79 Å². The van der Waals surface area contributed by atoms with E-state index in [9.17, 15) is 4.79 Å². The first-order valence-corrected chi connectivity index (χ1v) is 7.77. The first-order chi connectivity index (χ1) is 9.90. The van der Waals surface area contributed by atoms with Crippen molar-refractivity contribution < 1.29 is 14.3 Å². The lowest BCUT2D eigenvalue weighted by Crippen LogP contribution is -2.31. The van der Waals surface area contributed by atoms with E-state index < -0.39 is 0 Å². The Morgan fingerprint density at radius 2 is 1.86 bits per heavy atom. The largest absolute Gasteiger partial charge is 0.497 e. The number of hydrogen-bond acceptors (Lipinski definition) is 3. The molecule has 0 aliphatic rings. The molecule has 1 unspecified atom stereocenters. The second kappa shape index (κ2) is 8.06. The van der Waals surface area contributed by atoms with Crippen molar-refractivity contribution in [3.63, 3.8) is 0 Å². The van der Waals surface area contributed by atoms with Crippen LogP contribution in [0.1, 0.15) is 63.7 Å². The molecular formula is C18H28O3. The number of hydrogen-bond donors (Lipinski definition) is 0. The molecule has 1 rings (SSSR count). The van der Waals surface area contributed by atoms with Crippen molar-refractivity contribution in [1.29, 1.82) is 0 Å². The van der Waals surface area contributed by atoms with Crippen LogP contribution >= 0.6 is 0 Å². The lowest BCUT2D eigenvalue weighted by molar-refractivity contribution is -0.0167. The van der Waals surface area contributed by atoms with Crippen molar-refractivity contribution in [3.8, 4) is 5.75 Å². The molecule has 1 aromatic carbocycles. The van der Waals surface area contributed by atoms with Crippen LogP contribution in [-0.2, 0) is 4.74 Å². The summed E-state index contributed by atoms with van der Waals surface area (Å²) in [6, 6.07) is 7.04. The highest BCUT2D eigenvalue weighted by atomic mass is 16.6. The molecule has 1 atom stereocenters. The number of methoxy groups -OCH3 is 1. The van der Waals surface area contributed by atoms with Crippen LogP contribution in [-0.4, -0.2) is 18.7 Å². The summed E-state index contributed by atoms with van der Waals surface area (Å²) in [5.74, 6) is 1.16. The predicted molar refractivity (Wildman–Crippen MR) is 85.8 cm³/mol. The Morgan fingerprint density at radius 3 is 2.33 bits per heavy atom. The quantitative estimate of drug-likeness (QED) is 0.643. The van der Waals surface area contributed by atoms with Gasteiger partial charge in [0.25, 0.3) is 0 Å². The summed E-state index contributed by atoms with van der Waals surface area (Å²) < 4.78 is 10.8. The molecule has 0 aromatic heterocycles. The fraction of sp³-hybridized carbons (Fsp3) is 0.611. The minimum Gasteiger partial charge on any atom is -0.497 e. The first kappa shape index (κ1) is 17.5. The normalized spacial score (nSPS) is 13.8. The van der Waals surface area contributed by atoms with Crippen LogP contribution in [0.4, 0.5) is 0 Å². The first-order valence-electron chi connectivity index (χ1n) is 7.77.